The van der Waals surface area contributed by atoms with Gasteiger partial charge in [-0.05, 0) is 37.5 Å². The molecular formula is C16H21N3O2. The number of benzene rings is 1. The van der Waals surface area contributed by atoms with Crippen LogP contribution in [0.3, 0.4) is 0 Å². The number of hydrogen-bond acceptors (Lipinski definition) is 4. The summed E-state index contributed by atoms with van der Waals surface area (Å²) in [6.45, 7) is 6.04. The summed E-state index contributed by atoms with van der Waals surface area (Å²) >= 11 is 0. The van der Waals surface area contributed by atoms with Crippen molar-refractivity contribution in [3.8, 4) is 0 Å². The van der Waals surface area contributed by atoms with Gasteiger partial charge in [-0.25, -0.2) is 0 Å². The SMILES string of the molecule is CC(C)CC(C)(O)CNC(=O)c1ccc2nccnc2c1. The summed E-state index contributed by atoms with van der Waals surface area (Å²) in [5, 5.41) is 13.0. The lowest BCUT2D eigenvalue weighted by Gasteiger charge is -2.25. The van der Waals surface area contributed by atoms with Gasteiger partial charge < -0.3 is 10.4 Å². The van der Waals surface area contributed by atoms with Crippen LogP contribution in [-0.2, 0) is 0 Å². The van der Waals surface area contributed by atoms with Crippen molar-refractivity contribution >= 4 is 16.9 Å². The first-order valence-corrected chi connectivity index (χ1v) is 7.09. The highest BCUT2D eigenvalue weighted by Crippen LogP contribution is 2.16. The number of fused-ring (bicyclic) bond motifs is 1. The Hall–Kier alpha value is -2.01. The van der Waals surface area contributed by atoms with E-state index in [9.17, 15) is 9.90 Å². The summed E-state index contributed by atoms with van der Waals surface area (Å²) in [6.07, 6.45) is 3.85. The van der Waals surface area contributed by atoms with Gasteiger partial charge in [0.15, 0.2) is 0 Å². The summed E-state index contributed by atoms with van der Waals surface area (Å²) in [5.74, 6) is 0.152. The van der Waals surface area contributed by atoms with Gasteiger partial charge in [0.2, 0.25) is 0 Å². The van der Waals surface area contributed by atoms with Crippen molar-refractivity contribution < 1.29 is 9.90 Å². The number of carbonyl (C=O) groups excluding carboxylic acids is 1. The molecule has 0 bridgehead atoms. The molecule has 1 aromatic heterocycles. The van der Waals surface area contributed by atoms with E-state index in [1.807, 2.05) is 13.8 Å². The van der Waals surface area contributed by atoms with Crippen molar-refractivity contribution in [1.29, 1.82) is 0 Å². The van der Waals surface area contributed by atoms with Crippen LogP contribution in [0.4, 0.5) is 0 Å². The van der Waals surface area contributed by atoms with E-state index in [2.05, 4.69) is 15.3 Å². The second-order valence-electron chi connectivity index (χ2n) is 6.04. The molecule has 0 aliphatic rings. The van der Waals surface area contributed by atoms with Crippen LogP contribution >= 0.6 is 0 Å². The zero-order valence-corrected chi connectivity index (χ0v) is 12.6. The Kier molecular flexibility index (Phi) is 4.53. The van der Waals surface area contributed by atoms with Crippen LogP contribution in [0.2, 0.25) is 0 Å². The van der Waals surface area contributed by atoms with Crippen molar-refractivity contribution in [3.63, 3.8) is 0 Å². The number of carbonyl (C=O) groups is 1. The molecule has 1 atom stereocenters. The maximum absolute atomic E-state index is 12.2. The monoisotopic (exact) mass is 287 g/mol. The van der Waals surface area contributed by atoms with Crippen LogP contribution in [0.25, 0.3) is 11.0 Å². The summed E-state index contributed by atoms with van der Waals surface area (Å²) in [5.41, 5.74) is 1.05. The van der Waals surface area contributed by atoms with E-state index < -0.39 is 5.60 Å². The Morgan fingerprint density at radius 1 is 1.29 bits per heavy atom. The molecule has 21 heavy (non-hydrogen) atoms. The Balaban J connectivity index is 2.05. The van der Waals surface area contributed by atoms with Crippen molar-refractivity contribution in [3.05, 3.63) is 36.2 Å². The minimum atomic E-state index is -0.902. The summed E-state index contributed by atoms with van der Waals surface area (Å²) in [6, 6.07) is 5.18. The zero-order valence-electron chi connectivity index (χ0n) is 12.6. The zero-order chi connectivity index (χ0) is 15.5. The van der Waals surface area contributed by atoms with E-state index >= 15 is 0 Å². The first kappa shape index (κ1) is 15.4. The van der Waals surface area contributed by atoms with Gasteiger partial charge >= 0.3 is 0 Å². The van der Waals surface area contributed by atoms with Gasteiger partial charge in [0.25, 0.3) is 5.91 Å². The first-order chi connectivity index (χ1) is 9.87. The molecule has 0 saturated carbocycles. The highest BCUT2D eigenvalue weighted by molar-refractivity contribution is 5.97. The Morgan fingerprint density at radius 3 is 2.62 bits per heavy atom. The van der Waals surface area contributed by atoms with Crippen molar-refractivity contribution in [1.82, 2.24) is 15.3 Å². The van der Waals surface area contributed by atoms with E-state index in [1.54, 1.807) is 37.5 Å². The Morgan fingerprint density at radius 2 is 1.95 bits per heavy atom. The average molecular weight is 287 g/mol. The molecule has 1 amide bonds. The van der Waals surface area contributed by atoms with Crippen LogP contribution in [0.1, 0.15) is 37.6 Å². The molecule has 2 rings (SSSR count). The topological polar surface area (TPSA) is 75.1 Å². The van der Waals surface area contributed by atoms with Gasteiger partial charge in [-0.1, -0.05) is 13.8 Å². The van der Waals surface area contributed by atoms with Gasteiger partial charge in [-0.15, -0.1) is 0 Å². The molecule has 0 aliphatic carbocycles. The van der Waals surface area contributed by atoms with E-state index in [-0.39, 0.29) is 12.5 Å². The molecule has 0 radical (unpaired) electrons. The predicted molar refractivity (Wildman–Crippen MR) is 82.0 cm³/mol. The molecule has 2 N–H and O–H groups in total. The number of rotatable bonds is 5. The Bertz CT molecular complexity index is 638. The molecule has 5 nitrogen and oxygen atoms in total. The number of amides is 1. The third kappa shape index (κ3) is 4.23. The molecular weight excluding hydrogens is 266 g/mol. The number of aliphatic hydroxyl groups is 1. The lowest BCUT2D eigenvalue weighted by Crippen LogP contribution is -2.41. The van der Waals surface area contributed by atoms with E-state index in [0.717, 1.165) is 5.52 Å². The standard InChI is InChI=1S/C16H21N3O2/c1-11(2)9-16(3,21)10-19-15(20)12-4-5-13-14(8-12)18-7-6-17-13/h4-8,11,21H,9-10H2,1-3H3,(H,19,20). The summed E-state index contributed by atoms with van der Waals surface area (Å²) < 4.78 is 0. The van der Waals surface area contributed by atoms with Crippen molar-refractivity contribution in [2.45, 2.75) is 32.8 Å². The smallest absolute Gasteiger partial charge is 0.251 e. The number of hydrogen-bond donors (Lipinski definition) is 2. The molecule has 0 aliphatic heterocycles. The van der Waals surface area contributed by atoms with Gasteiger partial charge in [0, 0.05) is 24.5 Å². The number of nitrogens with one attached hydrogen (secondary N) is 1. The van der Waals surface area contributed by atoms with E-state index in [4.69, 9.17) is 0 Å². The van der Waals surface area contributed by atoms with Crippen LogP contribution in [-0.4, -0.2) is 33.1 Å². The lowest BCUT2D eigenvalue weighted by molar-refractivity contribution is 0.0368. The van der Waals surface area contributed by atoms with Crippen LogP contribution in [0.15, 0.2) is 30.6 Å². The maximum Gasteiger partial charge on any atom is 0.251 e. The number of nitrogens with zero attached hydrogens (tertiary/aromatic N) is 2. The fourth-order valence-corrected chi connectivity index (χ4v) is 2.43. The third-order valence-electron chi connectivity index (χ3n) is 3.21. The lowest BCUT2D eigenvalue weighted by atomic mass is 9.94. The molecule has 2 aromatic rings. The second kappa shape index (κ2) is 6.18. The molecule has 5 heteroatoms. The Labute approximate surface area is 124 Å². The molecule has 1 heterocycles. The van der Waals surface area contributed by atoms with E-state index in [1.165, 1.54) is 0 Å². The largest absolute Gasteiger partial charge is 0.388 e. The highest BCUT2D eigenvalue weighted by atomic mass is 16.3. The molecule has 1 unspecified atom stereocenters. The van der Waals surface area contributed by atoms with Gasteiger partial charge in [-0.2, -0.15) is 0 Å². The normalized spacial score (nSPS) is 14.1. The molecule has 1 aromatic carbocycles. The van der Waals surface area contributed by atoms with Gasteiger partial charge in [0.05, 0.1) is 16.6 Å². The van der Waals surface area contributed by atoms with Crippen molar-refractivity contribution in [2.75, 3.05) is 6.54 Å². The fraction of sp³-hybridized carbons (Fsp3) is 0.438. The molecule has 0 fully saturated rings. The summed E-state index contributed by atoms with van der Waals surface area (Å²) in [7, 11) is 0. The quantitative estimate of drug-likeness (QED) is 0.883. The minimum absolute atomic E-state index is 0.216. The van der Waals surface area contributed by atoms with Gasteiger partial charge in [-0.3, -0.25) is 14.8 Å². The van der Waals surface area contributed by atoms with Crippen LogP contribution in [0.5, 0.6) is 0 Å². The maximum atomic E-state index is 12.2. The second-order valence-corrected chi connectivity index (χ2v) is 6.04. The summed E-state index contributed by atoms with van der Waals surface area (Å²) in [4.78, 5) is 20.5. The first-order valence-electron chi connectivity index (χ1n) is 7.09. The highest BCUT2D eigenvalue weighted by Gasteiger charge is 2.22. The van der Waals surface area contributed by atoms with Crippen molar-refractivity contribution in [2.24, 2.45) is 5.92 Å². The average Bonchev–Trinajstić information content (AvgIpc) is 2.43. The van der Waals surface area contributed by atoms with Crippen LogP contribution in [0, 0.1) is 5.92 Å². The van der Waals surface area contributed by atoms with Gasteiger partial charge in [0.1, 0.15) is 0 Å². The van der Waals surface area contributed by atoms with E-state index in [0.29, 0.717) is 23.4 Å². The molecule has 0 spiro atoms. The molecule has 112 valence electrons. The molecule has 0 saturated heterocycles. The number of aromatic nitrogens is 2. The predicted octanol–water partition coefficient (Wildman–Crippen LogP) is 2.16. The third-order valence-corrected chi connectivity index (χ3v) is 3.21. The fourth-order valence-electron chi connectivity index (χ4n) is 2.43. The minimum Gasteiger partial charge on any atom is -0.388 e. The van der Waals surface area contributed by atoms with Crippen LogP contribution < -0.4 is 5.32 Å².